The van der Waals surface area contributed by atoms with Crippen molar-refractivity contribution in [1.29, 1.82) is 0 Å². The summed E-state index contributed by atoms with van der Waals surface area (Å²) >= 11 is 1.42. The van der Waals surface area contributed by atoms with Crippen LogP contribution in [0.1, 0.15) is 12.0 Å². The van der Waals surface area contributed by atoms with Gasteiger partial charge in [0.1, 0.15) is 27.5 Å². The Balaban J connectivity index is 0.00000363. The highest BCUT2D eigenvalue weighted by Gasteiger charge is 2.23. The fourth-order valence-corrected chi connectivity index (χ4v) is 4.32. The lowest BCUT2D eigenvalue weighted by Crippen LogP contribution is -2.36. The van der Waals surface area contributed by atoms with Crippen LogP contribution >= 0.6 is 23.7 Å². The molecule has 1 amide bonds. The first-order chi connectivity index (χ1) is 14.9. The molecular formula is C23H30ClN3O4S. The number of carbonyl (C=O) groups excluding carboxylic acids is 1. The zero-order valence-electron chi connectivity index (χ0n) is 19.1. The first-order valence-electron chi connectivity index (χ1n) is 10.1. The van der Waals surface area contributed by atoms with E-state index >= 15 is 0 Å². The van der Waals surface area contributed by atoms with Crippen LogP contribution in [-0.4, -0.2) is 63.8 Å². The number of para-hydroxylation sites is 1. The fraction of sp³-hybridized carbons (Fsp3) is 0.391. The molecule has 9 heteroatoms. The third kappa shape index (κ3) is 6.03. The molecule has 7 nitrogen and oxygen atoms in total. The number of aryl methyl sites for hydroxylation is 1. The van der Waals surface area contributed by atoms with Crippen molar-refractivity contribution in [2.75, 3.05) is 52.9 Å². The van der Waals surface area contributed by atoms with Crippen molar-refractivity contribution in [1.82, 2.24) is 9.88 Å². The molecule has 0 radical (unpaired) electrons. The van der Waals surface area contributed by atoms with E-state index in [2.05, 4.69) is 4.90 Å². The van der Waals surface area contributed by atoms with Gasteiger partial charge in [0, 0.05) is 6.54 Å². The van der Waals surface area contributed by atoms with E-state index in [1.807, 2.05) is 57.4 Å². The van der Waals surface area contributed by atoms with Crippen molar-refractivity contribution < 1.29 is 19.0 Å². The molecule has 0 bridgehead atoms. The molecule has 0 aliphatic heterocycles. The molecule has 174 valence electrons. The van der Waals surface area contributed by atoms with Gasteiger partial charge in [-0.05, 0) is 57.7 Å². The number of hydrogen-bond donors (Lipinski definition) is 0. The van der Waals surface area contributed by atoms with Crippen LogP contribution in [-0.2, 0) is 4.79 Å². The maximum atomic E-state index is 13.2. The summed E-state index contributed by atoms with van der Waals surface area (Å²) in [6.45, 7) is 3.30. The van der Waals surface area contributed by atoms with E-state index < -0.39 is 0 Å². The zero-order chi connectivity index (χ0) is 22.4. The quantitative estimate of drug-likeness (QED) is 0.429. The zero-order valence-corrected chi connectivity index (χ0v) is 20.7. The molecule has 1 heterocycles. The van der Waals surface area contributed by atoms with Crippen LogP contribution in [0, 0.1) is 6.92 Å². The van der Waals surface area contributed by atoms with Crippen LogP contribution in [0.2, 0.25) is 0 Å². The number of carbonyl (C=O) groups is 1. The second-order valence-electron chi connectivity index (χ2n) is 7.40. The molecule has 0 atom stereocenters. The van der Waals surface area contributed by atoms with Gasteiger partial charge < -0.3 is 19.1 Å². The van der Waals surface area contributed by atoms with Gasteiger partial charge in [0.05, 0.1) is 14.2 Å². The van der Waals surface area contributed by atoms with Crippen LogP contribution in [0.15, 0.2) is 36.4 Å². The van der Waals surface area contributed by atoms with E-state index in [1.165, 1.54) is 11.3 Å². The molecule has 1 aromatic heterocycles. The molecule has 0 aliphatic carbocycles. The van der Waals surface area contributed by atoms with E-state index in [4.69, 9.17) is 19.2 Å². The number of nitrogens with zero attached hydrogens (tertiary/aromatic N) is 3. The summed E-state index contributed by atoms with van der Waals surface area (Å²) in [5.41, 5.74) is 1.68. The van der Waals surface area contributed by atoms with Crippen molar-refractivity contribution in [3.8, 4) is 17.2 Å². The van der Waals surface area contributed by atoms with Gasteiger partial charge in [0.2, 0.25) is 0 Å². The van der Waals surface area contributed by atoms with E-state index in [9.17, 15) is 4.79 Å². The van der Waals surface area contributed by atoms with Crippen LogP contribution in [0.25, 0.3) is 10.2 Å². The molecule has 2 aromatic carbocycles. The molecule has 0 fully saturated rings. The lowest BCUT2D eigenvalue weighted by atomic mass is 10.2. The Kier molecular flexibility index (Phi) is 9.56. The minimum atomic E-state index is -0.140. The van der Waals surface area contributed by atoms with Crippen LogP contribution in [0.5, 0.6) is 17.2 Å². The molecule has 3 rings (SSSR count). The Labute approximate surface area is 199 Å². The van der Waals surface area contributed by atoms with Crippen LogP contribution in [0.4, 0.5) is 5.13 Å². The standard InChI is InChI=1S/C23H29N3O4S.ClH/c1-16-9-6-7-10-17(16)30-15-20(27)26(14-8-13-25(2)3)23-24-21-18(28-4)11-12-19(29-5)22(21)31-23;/h6-7,9-12H,8,13-15H2,1-5H3;1H. The number of thiazole rings is 1. The van der Waals surface area contributed by atoms with Gasteiger partial charge in [-0.15, -0.1) is 12.4 Å². The summed E-state index contributed by atoms with van der Waals surface area (Å²) in [4.78, 5) is 21.7. The number of benzene rings is 2. The van der Waals surface area contributed by atoms with E-state index in [0.717, 1.165) is 23.2 Å². The largest absolute Gasteiger partial charge is 0.495 e. The number of hydrogen-bond acceptors (Lipinski definition) is 7. The predicted molar refractivity (Wildman–Crippen MR) is 132 cm³/mol. The fourth-order valence-electron chi connectivity index (χ4n) is 3.20. The van der Waals surface area contributed by atoms with E-state index in [0.29, 0.717) is 34.4 Å². The van der Waals surface area contributed by atoms with Crippen molar-refractivity contribution in [3.05, 3.63) is 42.0 Å². The number of amides is 1. The molecule has 0 N–H and O–H groups in total. The molecular weight excluding hydrogens is 450 g/mol. The van der Waals surface area contributed by atoms with Crippen molar-refractivity contribution in [3.63, 3.8) is 0 Å². The molecule has 0 spiro atoms. The van der Waals surface area contributed by atoms with Gasteiger partial charge in [-0.3, -0.25) is 9.69 Å². The summed E-state index contributed by atoms with van der Waals surface area (Å²) < 4.78 is 17.6. The third-order valence-corrected chi connectivity index (χ3v) is 5.96. The number of anilines is 1. The number of fused-ring (bicyclic) bond motifs is 1. The maximum absolute atomic E-state index is 13.2. The Hall–Kier alpha value is -2.55. The number of halogens is 1. The number of ether oxygens (including phenoxy) is 3. The second-order valence-corrected chi connectivity index (χ2v) is 8.38. The smallest absolute Gasteiger partial charge is 0.266 e. The summed E-state index contributed by atoms with van der Waals surface area (Å²) in [7, 11) is 7.26. The van der Waals surface area contributed by atoms with Crippen LogP contribution < -0.4 is 19.1 Å². The Morgan fingerprint density at radius 3 is 2.34 bits per heavy atom. The van der Waals surface area contributed by atoms with Gasteiger partial charge in [0.15, 0.2) is 11.7 Å². The highest BCUT2D eigenvalue weighted by molar-refractivity contribution is 7.22. The summed E-state index contributed by atoms with van der Waals surface area (Å²) in [6, 6.07) is 11.3. The van der Waals surface area contributed by atoms with Crippen molar-refractivity contribution in [2.45, 2.75) is 13.3 Å². The van der Waals surface area contributed by atoms with E-state index in [1.54, 1.807) is 19.1 Å². The second kappa shape index (κ2) is 11.9. The Morgan fingerprint density at radius 2 is 1.69 bits per heavy atom. The van der Waals surface area contributed by atoms with Gasteiger partial charge in [0.25, 0.3) is 5.91 Å². The Morgan fingerprint density at radius 1 is 1.00 bits per heavy atom. The molecule has 32 heavy (non-hydrogen) atoms. The predicted octanol–water partition coefficient (Wildman–Crippen LogP) is 4.41. The summed E-state index contributed by atoms with van der Waals surface area (Å²) in [5, 5.41) is 0.606. The SMILES string of the molecule is COc1ccc(OC)c2sc(N(CCCN(C)C)C(=O)COc3ccccc3C)nc12.Cl. The van der Waals surface area contributed by atoms with Crippen molar-refractivity contribution >= 4 is 45.0 Å². The molecule has 0 aliphatic rings. The number of methoxy groups -OCH3 is 2. The first-order valence-corrected chi connectivity index (χ1v) is 10.9. The molecule has 0 saturated carbocycles. The minimum absolute atomic E-state index is 0. The maximum Gasteiger partial charge on any atom is 0.266 e. The minimum Gasteiger partial charge on any atom is -0.495 e. The van der Waals surface area contributed by atoms with Gasteiger partial charge in [-0.25, -0.2) is 4.98 Å². The third-order valence-electron chi connectivity index (χ3n) is 4.86. The van der Waals surface area contributed by atoms with Crippen molar-refractivity contribution in [2.24, 2.45) is 0 Å². The van der Waals surface area contributed by atoms with E-state index in [-0.39, 0.29) is 24.9 Å². The van der Waals surface area contributed by atoms with Gasteiger partial charge >= 0.3 is 0 Å². The average molecular weight is 480 g/mol. The van der Waals surface area contributed by atoms with Gasteiger partial charge in [-0.1, -0.05) is 29.5 Å². The number of aromatic nitrogens is 1. The highest BCUT2D eigenvalue weighted by atomic mass is 35.5. The van der Waals surface area contributed by atoms with Gasteiger partial charge in [-0.2, -0.15) is 0 Å². The Bertz CT molecular complexity index is 1000. The normalized spacial score (nSPS) is 10.7. The molecule has 0 unspecified atom stereocenters. The number of rotatable bonds is 10. The summed E-state index contributed by atoms with van der Waals surface area (Å²) in [5.74, 6) is 1.92. The summed E-state index contributed by atoms with van der Waals surface area (Å²) in [6.07, 6.45) is 0.813. The monoisotopic (exact) mass is 479 g/mol. The average Bonchev–Trinajstić information content (AvgIpc) is 3.20. The lowest BCUT2D eigenvalue weighted by Gasteiger charge is -2.21. The first kappa shape index (κ1) is 25.7. The topological polar surface area (TPSA) is 64.1 Å². The lowest BCUT2D eigenvalue weighted by molar-refractivity contribution is -0.120. The molecule has 0 saturated heterocycles. The molecule has 3 aromatic rings. The highest BCUT2D eigenvalue weighted by Crippen LogP contribution is 2.40. The van der Waals surface area contributed by atoms with Crippen LogP contribution in [0.3, 0.4) is 0 Å².